The molecule has 0 saturated heterocycles. The van der Waals surface area contributed by atoms with Crippen LogP contribution in [0.25, 0.3) is 0 Å². The highest BCUT2D eigenvalue weighted by Crippen LogP contribution is 2.15. The molecule has 1 aromatic carbocycles. The number of para-hydroxylation sites is 1. The number of primary amides is 1. The normalized spacial score (nSPS) is 10.2. The molecule has 1 aromatic rings. The highest BCUT2D eigenvalue weighted by Gasteiger charge is 2.11. The molecule has 0 atom stereocenters. The first kappa shape index (κ1) is 14.0. The van der Waals surface area contributed by atoms with Gasteiger partial charge in [-0.3, -0.25) is 9.59 Å². The Morgan fingerprint density at radius 2 is 1.94 bits per heavy atom. The van der Waals surface area contributed by atoms with E-state index >= 15 is 0 Å². The van der Waals surface area contributed by atoms with Gasteiger partial charge in [0.25, 0.3) is 5.91 Å². The van der Waals surface area contributed by atoms with Gasteiger partial charge < -0.3 is 16.4 Å². The van der Waals surface area contributed by atoms with Crippen molar-refractivity contribution >= 4 is 17.5 Å². The first-order valence-corrected chi connectivity index (χ1v) is 5.92. The zero-order chi connectivity index (χ0) is 13.5. The lowest BCUT2D eigenvalue weighted by Gasteiger charge is -2.14. The molecule has 0 aliphatic heterocycles. The van der Waals surface area contributed by atoms with E-state index in [0.717, 1.165) is 5.69 Å². The summed E-state index contributed by atoms with van der Waals surface area (Å²) in [5, 5.41) is 5.87. The van der Waals surface area contributed by atoms with Crippen molar-refractivity contribution in [2.75, 3.05) is 11.9 Å². The summed E-state index contributed by atoms with van der Waals surface area (Å²) in [5.74, 6) is -0.635. The van der Waals surface area contributed by atoms with Gasteiger partial charge in [0, 0.05) is 24.7 Å². The molecule has 0 spiro atoms. The van der Waals surface area contributed by atoms with Crippen molar-refractivity contribution in [2.45, 2.75) is 26.3 Å². The maximum absolute atomic E-state index is 11.9. The number of anilines is 1. The van der Waals surface area contributed by atoms with E-state index in [9.17, 15) is 9.59 Å². The molecule has 0 unspecified atom stereocenters. The Labute approximate surface area is 107 Å². The van der Waals surface area contributed by atoms with Crippen molar-refractivity contribution in [1.29, 1.82) is 0 Å². The van der Waals surface area contributed by atoms with Crippen LogP contribution < -0.4 is 16.4 Å². The fraction of sp³-hybridized carbons (Fsp3) is 0.385. The lowest BCUT2D eigenvalue weighted by Crippen LogP contribution is -2.28. The molecule has 1 rings (SSSR count). The van der Waals surface area contributed by atoms with Crippen LogP contribution in [0.1, 0.15) is 30.6 Å². The summed E-state index contributed by atoms with van der Waals surface area (Å²) < 4.78 is 0. The monoisotopic (exact) mass is 249 g/mol. The molecule has 0 saturated carbocycles. The number of benzene rings is 1. The summed E-state index contributed by atoms with van der Waals surface area (Å²) in [7, 11) is 0. The Morgan fingerprint density at radius 3 is 2.56 bits per heavy atom. The summed E-state index contributed by atoms with van der Waals surface area (Å²) in [6, 6.07) is 7.50. The van der Waals surface area contributed by atoms with E-state index in [1.807, 2.05) is 26.0 Å². The van der Waals surface area contributed by atoms with Crippen molar-refractivity contribution in [2.24, 2.45) is 5.73 Å². The van der Waals surface area contributed by atoms with Crippen molar-refractivity contribution in [3.63, 3.8) is 0 Å². The molecule has 0 aliphatic rings. The van der Waals surface area contributed by atoms with Crippen molar-refractivity contribution in [3.8, 4) is 0 Å². The van der Waals surface area contributed by atoms with Gasteiger partial charge in [0.15, 0.2) is 0 Å². The van der Waals surface area contributed by atoms with Gasteiger partial charge >= 0.3 is 0 Å². The maximum Gasteiger partial charge on any atom is 0.253 e. The number of hydrogen-bond acceptors (Lipinski definition) is 3. The van der Waals surface area contributed by atoms with Gasteiger partial charge in [-0.2, -0.15) is 0 Å². The quantitative estimate of drug-likeness (QED) is 0.706. The zero-order valence-electron chi connectivity index (χ0n) is 10.7. The van der Waals surface area contributed by atoms with Gasteiger partial charge in [-0.15, -0.1) is 0 Å². The Balaban J connectivity index is 2.69. The van der Waals surface area contributed by atoms with Gasteiger partial charge in [-0.25, -0.2) is 0 Å². The van der Waals surface area contributed by atoms with Crippen LogP contribution in [0.5, 0.6) is 0 Å². The van der Waals surface area contributed by atoms with Gasteiger partial charge in [-0.05, 0) is 26.0 Å². The van der Waals surface area contributed by atoms with Crippen molar-refractivity contribution in [1.82, 2.24) is 5.32 Å². The second-order valence-corrected chi connectivity index (χ2v) is 4.32. The molecule has 0 aromatic heterocycles. The molecule has 5 nitrogen and oxygen atoms in total. The second-order valence-electron chi connectivity index (χ2n) is 4.32. The highest BCUT2D eigenvalue weighted by atomic mass is 16.2. The van der Waals surface area contributed by atoms with Crippen LogP contribution in [0.3, 0.4) is 0 Å². The predicted molar refractivity (Wildman–Crippen MR) is 71.3 cm³/mol. The Hall–Kier alpha value is -2.04. The average Bonchev–Trinajstić information content (AvgIpc) is 2.28. The number of amides is 2. The number of nitrogens with one attached hydrogen (secondary N) is 2. The van der Waals surface area contributed by atoms with Gasteiger partial charge in [0.05, 0.1) is 5.56 Å². The molecule has 0 fully saturated rings. The van der Waals surface area contributed by atoms with Crippen LogP contribution in [0.2, 0.25) is 0 Å². The highest BCUT2D eigenvalue weighted by molar-refractivity contribution is 5.99. The molecule has 0 radical (unpaired) electrons. The predicted octanol–water partition coefficient (Wildman–Crippen LogP) is 1.11. The first-order chi connectivity index (χ1) is 8.50. The Morgan fingerprint density at radius 1 is 1.28 bits per heavy atom. The Kier molecular flexibility index (Phi) is 5.17. The van der Waals surface area contributed by atoms with Crippen LogP contribution in [0, 0.1) is 0 Å². The van der Waals surface area contributed by atoms with E-state index in [0.29, 0.717) is 5.56 Å². The largest absolute Gasteiger partial charge is 0.382 e. The number of rotatable bonds is 6. The van der Waals surface area contributed by atoms with E-state index in [1.54, 1.807) is 12.1 Å². The first-order valence-electron chi connectivity index (χ1n) is 5.92. The number of carbonyl (C=O) groups excluding carboxylic acids is 2. The third-order valence-electron chi connectivity index (χ3n) is 2.27. The lowest BCUT2D eigenvalue weighted by atomic mass is 10.1. The van der Waals surface area contributed by atoms with Crippen LogP contribution in [-0.4, -0.2) is 24.4 Å². The van der Waals surface area contributed by atoms with E-state index in [4.69, 9.17) is 5.73 Å². The molecule has 0 heterocycles. The van der Waals surface area contributed by atoms with Crippen LogP contribution in [0.4, 0.5) is 5.69 Å². The van der Waals surface area contributed by atoms with E-state index < -0.39 is 5.91 Å². The van der Waals surface area contributed by atoms with E-state index in [-0.39, 0.29) is 24.9 Å². The van der Waals surface area contributed by atoms with E-state index in [1.165, 1.54) is 0 Å². The average molecular weight is 249 g/mol. The molecular weight excluding hydrogens is 230 g/mol. The van der Waals surface area contributed by atoms with Crippen LogP contribution >= 0.6 is 0 Å². The fourth-order valence-corrected chi connectivity index (χ4v) is 1.51. The number of nitrogens with two attached hydrogens (primary N) is 1. The zero-order valence-corrected chi connectivity index (χ0v) is 10.7. The van der Waals surface area contributed by atoms with Crippen LogP contribution in [-0.2, 0) is 4.79 Å². The third-order valence-corrected chi connectivity index (χ3v) is 2.27. The number of hydrogen-bond donors (Lipinski definition) is 3. The summed E-state index contributed by atoms with van der Waals surface area (Å²) in [6.45, 7) is 4.26. The SMILES string of the molecule is CC(C)Nc1ccccc1C(=O)NCCC(N)=O. The molecule has 0 aliphatic carbocycles. The standard InChI is InChI=1S/C13H19N3O2/c1-9(2)16-11-6-4-3-5-10(11)13(18)15-8-7-12(14)17/h3-6,9,16H,7-8H2,1-2H3,(H2,14,17)(H,15,18). The molecule has 0 bridgehead atoms. The molecule has 98 valence electrons. The Bertz CT molecular complexity index is 430. The fourth-order valence-electron chi connectivity index (χ4n) is 1.51. The summed E-state index contributed by atoms with van der Waals surface area (Å²) in [5.41, 5.74) is 6.36. The second kappa shape index (κ2) is 6.64. The maximum atomic E-state index is 11.9. The summed E-state index contributed by atoms with van der Waals surface area (Å²) >= 11 is 0. The number of carbonyl (C=O) groups is 2. The smallest absolute Gasteiger partial charge is 0.253 e. The molecule has 2 amide bonds. The summed E-state index contributed by atoms with van der Waals surface area (Å²) in [4.78, 5) is 22.5. The molecule has 5 heteroatoms. The van der Waals surface area contributed by atoms with Gasteiger partial charge in [-0.1, -0.05) is 12.1 Å². The minimum atomic E-state index is -0.427. The van der Waals surface area contributed by atoms with Gasteiger partial charge in [0.2, 0.25) is 5.91 Å². The minimum Gasteiger partial charge on any atom is -0.382 e. The minimum absolute atomic E-state index is 0.144. The topological polar surface area (TPSA) is 84.2 Å². The molecular formula is C13H19N3O2. The molecule has 18 heavy (non-hydrogen) atoms. The van der Waals surface area contributed by atoms with Crippen molar-refractivity contribution in [3.05, 3.63) is 29.8 Å². The molecule has 4 N–H and O–H groups in total. The van der Waals surface area contributed by atoms with E-state index in [2.05, 4.69) is 10.6 Å². The van der Waals surface area contributed by atoms with Crippen LogP contribution in [0.15, 0.2) is 24.3 Å². The third kappa shape index (κ3) is 4.45. The van der Waals surface area contributed by atoms with Gasteiger partial charge in [0.1, 0.15) is 0 Å². The summed E-state index contributed by atoms with van der Waals surface area (Å²) in [6.07, 6.45) is 0.144. The lowest BCUT2D eigenvalue weighted by molar-refractivity contribution is -0.117. The van der Waals surface area contributed by atoms with Crippen molar-refractivity contribution < 1.29 is 9.59 Å².